The molecule has 2 fully saturated rings. The average molecular weight is 293 g/mol. The Labute approximate surface area is 116 Å². The second-order valence-corrected chi connectivity index (χ2v) is 6.15. The second-order valence-electron chi connectivity index (χ2n) is 6.15. The van der Waals surface area contributed by atoms with E-state index in [1.165, 1.54) is 19.3 Å². The zero-order valence-electron chi connectivity index (χ0n) is 11.5. The minimum atomic E-state index is -4.50. The lowest BCUT2D eigenvalue weighted by atomic mass is 9.84. The first-order valence-corrected chi connectivity index (χ1v) is 7.10. The van der Waals surface area contributed by atoms with E-state index in [0.717, 1.165) is 12.3 Å². The van der Waals surface area contributed by atoms with Crippen LogP contribution in [0, 0.1) is 23.7 Å². The van der Waals surface area contributed by atoms with Crippen LogP contribution < -0.4 is 11.1 Å². The molecule has 0 aromatic carbocycles. The zero-order valence-corrected chi connectivity index (χ0v) is 11.5. The van der Waals surface area contributed by atoms with Gasteiger partial charge in [-0.05, 0) is 43.9 Å². The fraction of sp³-hybridized carbons (Fsp3) is 0.923. The maximum atomic E-state index is 12.8. The fourth-order valence-electron chi connectivity index (χ4n) is 3.82. The van der Waals surface area contributed by atoms with Crippen LogP contribution in [0.15, 0.2) is 5.16 Å². The molecule has 0 amide bonds. The van der Waals surface area contributed by atoms with Gasteiger partial charge in [0, 0.05) is 12.6 Å². The molecule has 0 spiro atoms. The predicted molar refractivity (Wildman–Crippen MR) is 69.4 cm³/mol. The number of hydrogen-bond donors (Lipinski definition) is 3. The normalized spacial score (nSPS) is 33.4. The number of oxime groups is 1. The third-order valence-electron chi connectivity index (χ3n) is 4.95. The number of alkyl halides is 3. The Morgan fingerprint density at radius 2 is 2.10 bits per heavy atom. The first-order valence-electron chi connectivity index (χ1n) is 7.10. The number of amidine groups is 1. The molecule has 0 saturated heterocycles. The van der Waals surface area contributed by atoms with Gasteiger partial charge in [-0.1, -0.05) is 11.6 Å². The van der Waals surface area contributed by atoms with Gasteiger partial charge in [0.25, 0.3) is 0 Å². The summed E-state index contributed by atoms with van der Waals surface area (Å²) in [6, 6.07) is 0.0293. The fourth-order valence-corrected chi connectivity index (χ4v) is 3.82. The Bertz CT molecular complexity index is 372. The predicted octanol–water partition coefficient (Wildman–Crippen LogP) is 2.33. The zero-order chi connectivity index (χ0) is 14.9. The van der Waals surface area contributed by atoms with E-state index in [-0.39, 0.29) is 12.6 Å². The molecule has 2 aliphatic rings. The molecule has 2 rings (SSSR count). The van der Waals surface area contributed by atoms with Crippen molar-refractivity contribution in [2.75, 3.05) is 6.54 Å². The Kier molecular flexibility index (Phi) is 4.46. The van der Waals surface area contributed by atoms with E-state index in [0.29, 0.717) is 11.8 Å². The van der Waals surface area contributed by atoms with Crippen LogP contribution in [0.25, 0.3) is 0 Å². The van der Waals surface area contributed by atoms with E-state index < -0.39 is 17.9 Å². The minimum Gasteiger partial charge on any atom is -0.409 e. The molecule has 0 aromatic rings. The SMILES string of the molecule is CC(NCC(C(N)=NO)C(F)(F)F)C1CC2CCC1C2. The number of nitrogens with one attached hydrogen (secondary N) is 1. The van der Waals surface area contributed by atoms with Crippen molar-refractivity contribution in [3.63, 3.8) is 0 Å². The van der Waals surface area contributed by atoms with Crippen molar-refractivity contribution in [1.82, 2.24) is 5.32 Å². The number of hydrogen-bond acceptors (Lipinski definition) is 3. The van der Waals surface area contributed by atoms with Crippen LogP contribution in [0.1, 0.15) is 32.6 Å². The van der Waals surface area contributed by atoms with Gasteiger partial charge in [-0.2, -0.15) is 13.2 Å². The number of rotatable bonds is 5. The van der Waals surface area contributed by atoms with Crippen LogP contribution >= 0.6 is 0 Å². The monoisotopic (exact) mass is 293 g/mol. The van der Waals surface area contributed by atoms with Crippen LogP contribution in [-0.4, -0.2) is 29.8 Å². The highest BCUT2D eigenvalue weighted by Crippen LogP contribution is 2.49. The van der Waals surface area contributed by atoms with E-state index in [1.54, 1.807) is 0 Å². The van der Waals surface area contributed by atoms with Crippen molar-refractivity contribution < 1.29 is 18.4 Å². The summed E-state index contributed by atoms with van der Waals surface area (Å²) in [5.74, 6) is -0.860. The molecule has 7 heteroatoms. The molecule has 2 bridgehead atoms. The van der Waals surface area contributed by atoms with Crippen LogP contribution in [-0.2, 0) is 0 Å². The number of fused-ring (bicyclic) bond motifs is 2. The molecular weight excluding hydrogens is 271 g/mol. The maximum Gasteiger partial charge on any atom is 0.400 e. The molecular formula is C13H22F3N3O. The number of nitrogens with two attached hydrogens (primary N) is 1. The van der Waals surface area contributed by atoms with Crippen molar-refractivity contribution in [3.05, 3.63) is 0 Å². The maximum absolute atomic E-state index is 12.8. The van der Waals surface area contributed by atoms with Crippen molar-refractivity contribution in [2.45, 2.75) is 44.8 Å². The molecule has 116 valence electrons. The standard InChI is InChI=1S/C13H22F3N3O/c1-7(10-5-8-2-3-9(10)4-8)18-6-11(12(17)19-20)13(14,15)16/h7-11,18,20H,2-6H2,1H3,(H2,17,19). The van der Waals surface area contributed by atoms with Gasteiger partial charge in [0.15, 0.2) is 5.84 Å². The second kappa shape index (κ2) is 5.79. The van der Waals surface area contributed by atoms with E-state index in [2.05, 4.69) is 10.5 Å². The Morgan fingerprint density at radius 1 is 1.40 bits per heavy atom. The van der Waals surface area contributed by atoms with E-state index in [1.807, 2.05) is 6.92 Å². The lowest BCUT2D eigenvalue weighted by molar-refractivity contribution is -0.155. The lowest BCUT2D eigenvalue weighted by Crippen LogP contribution is -2.47. The molecule has 2 aliphatic carbocycles. The molecule has 0 radical (unpaired) electrons. The Morgan fingerprint density at radius 3 is 2.55 bits per heavy atom. The molecule has 5 atom stereocenters. The van der Waals surface area contributed by atoms with Gasteiger partial charge in [-0.25, -0.2) is 0 Å². The van der Waals surface area contributed by atoms with Gasteiger partial charge >= 0.3 is 6.18 Å². The van der Waals surface area contributed by atoms with Crippen LogP contribution in [0.2, 0.25) is 0 Å². The summed E-state index contributed by atoms with van der Waals surface area (Å²) in [7, 11) is 0. The van der Waals surface area contributed by atoms with Crippen molar-refractivity contribution in [3.8, 4) is 0 Å². The minimum absolute atomic E-state index is 0.0293. The van der Waals surface area contributed by atoms with E-state index in [9.17, 15) is 13.2 Å². The summed E-state index contributed by atoms with van der Waals surface area (Å²) in [5, 5.41) is 13.9. The third kappa shape index (κ3) is 3.19. The number of halogens is 3. The molecule has 0 aromatic heterocycles. The highest BCUT2D eigenvalue weighted by Gasteiger charge is 2.45. The molecule has 0 heterocycles. The highest BCUT2D eigenvalue weighted by atomic mass is 19.4. The van der Waals surface area contributed by atoms with Gasteiger partial charge in [0.1, 0.15) is 5.92 Å². The molecule has 0 aliphatic heterocycles. The summed E-state index contributed by atoms with van der Waals surface area (Å²) in [6.07, 6.45) is 0.296. The van der Waals surface area contributed by atoms with Crippen molar-refractivity contribution >= 4 is 5.84 Å². The molecule has 5 unspecified atom stereocenters. The third-order valence-corrected chi connectivity index (χ3v) is 4.95. The van der Waals surface area contributed by atoms with E-state index in [4.69, 9.17) is 10.9 Å². The molecule has 20 heavy (non-hydrogen) atoms. The largest absolute Gasteiger partial charge is 0.409 e. The smallest absolute Gasteiger partial charge is 0.400 e. The van der Waals surface area contributed by atoms with E-state index >= 15 is 0 Å². The summed E-state index contributed by atoms with van der Waals surface area (Å²) < 4.78 is 38.5. The van der Waals surface area contributed by atoms with Gasteiger partial charge < -0.3 is 16.3 Å². The Hall–Kier alpha value is -0.980. The topological polar surface area (TPSA) is 70.6 Å². The summed E-state index contributed by atoms with van der Waals surface area (Å²) in [4.78, 5) is 0. The Balaban J connectivity index is 1.89. The molecule has 4 nitrogen and oxygen atoms in total. The van der Waals surface area contributed by atoms with Crippen LogP contribution in [0.4, 0.5) is 13.2 Å². The lowest BCUT2D eigenvalue weighted by Gasteiger charge is -2.30. The summed E-state index contributed by atoms with van der Waals surface area (Å²) >= 11 is 0. The summed E-state index contributed by atoms with van der Waals surface area (Å²) in [6.45, 7) is 1.60. The number of nitrogens with zero attached hydrogens (tertiary/aromatic N) is 1. The quantitative estimate of drug-likeness (QED) is 0.315. The molecule has 2 saturated carbocycles. The molecule has 4 N–H and O–H groups in total. The first kappa shape index (κ1) is 15.4. The van der Waals surface area contributed by atoms with Crippen molar-refractivity contribution in [2.24, 2.45) is 34.6 Å². The highest BCUT2D eigenvalue weighted by molar-refractivity contribution is 5.83. The average Bonchev–Trinajstić information content (AvgIpc) is 2.98. The van der Waals surface area contributed by atoms with Gasteiger partial charge in [0.05, 0.1) is 0 Å². The first-order chi connectivity index (χ1) is 9.32. The summed E-state index contributed by atoms with van der Waals surface area (Å²) in [5.41, 5.74) is 5.14. The van der Waals surface area contributed by atoms with Gasteiger partial charge in [0.2, 0.25) is 0 Å². The van der Waals surface area contributed by atoms with Crippen molar-refractivity contribution in [1.29, 1.82) is 0 Å². The van der Waals surface area contributed by atoms with Gasteiger partial charge in [-0.15, -0.1) is 0 Å². The van der Waals surface area contributed by atoms with Crippen LogP contribution in [0.3, 0.4) is 0 Å². The van der Waals surface area contributed by atoms with Gasteiger partial charge in [-0.3, -0.25) is 0 Å². The van der Waals surface area contributed by atoms with Crippen LogP contribution in [0.5, 0.6) is 0 Å².